The van der Waals surface area contributed by atoms with E-state index < -0.39 is 0 Å². The number of nitrogens with one attached hydrogen (secondary N) is 1. The zero-order chi connectivity index (χ0) is 24.1. The molecule has 0 spiro atoms. The van der Waals surface area contributed by atoms with Crippen molar-refractivity contribution in [1.82, 2.24) is 14.5 Å². The van der Waals surface area contributed by atoms with E-state index in [2.05, 4.69) is 16.5 Å². The van der Waals surface area contributed by atoms with Gasteiger partial charge in [0.2, 0.25) is 0 Å². The van der Waals surface area contributed by atoms with Crippen molar-refractivity contribution in [3.8, 4) is 0 Å². The maximum absolute atomic E-state index is 12.9. The Morgan fingerprint density at radius 1 is 1.15 bits per heavy atom. The summed E-state index contributed by atoms with van der Waals surface area (Å²) in [6.07, 6.45) is 9.64. The molecule has 0 aliphatic carbocycles. The number of anilines is 2. The number of pyridine rings is 2. The monoisotopic (exact) mass is 463 g/mol. The lowest BCUT2D eigenvalue weighted by atomic mass is 10.0. The molecule has 0 bridgehead atoms. The number of amides is 1. The van der Waals surface area contributed by atoms with Crippen molar-refractivity contribution in [3.63, 3.8) is 0 Å². The van der Waals surface area contributed by atoms with Gasteiger partial charge in [-0.15, -0.1) is 0 Å². The van der Waals surface area contributed by atoms with Gasteiger partial charge in [-0.1, -0.05) is 6.58 Å². The Hall–Kier alpha value is -3.26. The highest BCUT2D eigenvalue weighted by molar-refractivity contribution is 5.95. The summed E-state index contributed by atoms with van der Waals surface area (Å²) in [6.45, 7) is 6.84. The maximum Gasteiger partial charge on any atom is 0.258 e. The molecule has 8 nitrogen and oxygen atoms in total. The molecule has 2 aliphatic rings. The molecule has 2 aromatic rings. The van der Waals surface area contributed by atoms with E-state index in [0.717, 1.165) is 62.4 Å². The number of aryl methyl sites for hydroxylation is 1. The van der Waals surface area contributed by atoms with Gasteiger partial charge in [0, 0.05) is 63.1 Å². The Labute approximate surface area is 200 Å². The van der Waals surface area contributed by atoms with E-state index in [1.54, 1.807) is 25.6 Å². The topological polar surface area (TPSA) is 91.5 Å². The fourth-order valence-electron chi connectivity index (χ4n) is 4.65. The SMILES string of the molecule is C=C(CCCOC)C(=O)n1ccc(N2CCCc3cc(C(=O)N4CCCCC4)cnc32)cc1=N. The molecular formula is C26H33N5O3. The molecule has 4 rings (SSSR count). The van der Waals surface area contributed by atoms with Crippen LogP contribution in [0.2, 0.25) is 0 Å². The summed E-state index contributed by atoms with van der Waals surface area (Å²) in [6, 6.07) is 5.50. The molecule has 1 fully saturated rings. The highest BCUT2D eigenvalue weighted by Crippen LogP contribution is 2.32. The number of hydrogen-bond donors (Lipinski definition) is 1. The molecule has 0 radical (unpaired) electrons. The van der Waals surface area contributed by atoms with Crippen LogP contribution in [-0.4, -0.2) is 59.6 Å². The van der Waals surface area contributed by atoms with Crippen molar-refractivity contribution in [2.24, 2.45) is 0 Å². The number of likely N-dealkylation sites (tertiary alicyclic amines) is 1. The number of methoxy groups -OCH3 is 1. The zero-order valence-corrected chi connectivity index (χ0v) is 19.9. The van der Waals surface area contributed by atoms with Crippen molar-refractivity contribution < 1.29 is 14.3 Å². The van der Waals surface area contributed by atoms with Crippen LogP contribution >= 0.6 is 0 Å². The minimum absolute atomic E-state index is 0.0607. The second-order valence-corrected chi connectivity index (χ2v) is 8.96. The fourth-order valence-corrected chi connectivity index (χ4v) is 4.65. The van der Waals surface area contributed by atoms with Gasteiger partial charge in [-0.05, 0) is 62.6 Å². The van der Waals surface area contributed by atoms with Crippen LogP contribution < -0.4 is 10.4 Å². The van der Waals surface area contributed by atoms with Crippen LogP contribution in [0.25, 0.3) is 0 Å². The van der Waals surface area contributed by atoms with Gasteiger partial charge in [-0.2, -0.15) is 0 Å². The molecule has 180 valence electrons. The first kappa shape index (κ1) is 23.9. The Balaban J connectivity index is 1.53. The average molecular weight is 464 g/mol. The third-order valence-electron chi connectivity index (χ3n) is 6.52. The van der Waals surface area contributed by atoms with E-state index >= 15 is 0 Å². The maximum atomic E-state index is 12.9. The Morgan fingerprint density at radius 3 is 2.68 bits per heavy atom. The Bertz CT molecular complexity index is 1130. The normalized spacial score (nSPS) is 15.7. The minimum Gasteiger partial charge on any atom is -0.385 e. The summed E-state index contributed by atoms with van der Waals surface area (Å²) in [5.74, 6) is 0.602. The van der Waals surface area contributed by atoms with Crippen LogP contribution in [0.3, 0.4) is 0 Å². The van der Waals surface area contributed by atoms with E-state index in [4.69, 9.17) is 10.1 Å². The standard InChI is InChI=1S/C26H33N5O3/c1-19(8-7-15-34-2)25(32)31-14-10-22(17-23(31)27)30-13-6-9-20-16-21(18-28-24(20)30)26(33)29-11-4-3-5-12-29/h10,14,16-18,27H,1,3-9,11-13,15H2,2H3. The van der Waals surface area contributed by atoms with Gasteiger partial charge >= 0.3 is 0 Å². The fraction of sp³-hybridized carbons (Fsp3) is 0.462. The number of rotatable bonds is 7. The van der Waals surface area contributed by atoms with E-state index in [0.29, 0.717) is 30.6 Å². The van der Waals surface area contributed by atoms with Crippen LogP contribution in [0.15, 0.2) is 42.7 Å². The summed E-state index contributed by atoms with van der Waals surface area (Å²) < 4.78 is 6.35. The molecule has 8 heteroatoms. The quantitative estimate of drug-likeness (QED) is 0.499. The smallest absolute Gasteiger partial charge is 0.258 e. The highest BCUT2D eigenvalue weighted by atomic mass is 16.5. The number of aromatic nitrogens is 2. The largest absolute Gasteiger partial charge is 0.385 e. The first-order chi connectivity index (χ1) is 16.5. The molecule has 2 aliphatic heterocycles. The Kier molecular flexibility index (Phi) is 7.57. The van der Waals surface area contributed by atoms with Crippen molar-refractivity contribution >= 4 is 23.3 Å². The highest BCUT2D eigenvalue weighted by Gasteiger charge is 2.24. The third-order valence-corrected chi connectivity index (χ3v) is 6.52. The van der Waals surface area contributed by atoms with Gasteiger partial charge in [0.05, 0.1) is 5.56 Å². The lowest BCUT2D eigenvalue weighted by Crippen LogP contribution is -2.36. The van der Waals surface area contributed by atoms with Crippen molar-refractivity contribution in [3.05, 3.63) is 59.4 Å². The first-order valence-electron chi connectivity index (χ1n) is 12.0. The predicted octanol–water partition coefficient (Wildman–Crippen LogP) is 3.70. The number of carbonyl (C=O) groups excluding carboxylic acids is 2. The van der Waals surface area contributed by atoms with E-state index in [9.17, 15) is 9.59 Å². The summed E-state index contributed by atoms with van der Waals surface area (Å²) in [7, 11) is 1.63. The van der Waals surface area contributed by atoms with Crippen LogP contribution in [0, 0.1) is 5.41 Å². The van der Waals surface area contributed by atoms with Crippen LogP contribution in [0.4, 0.5) is 11.5 Å². The molecule has 2 aromatic heterocycles. The number of nitrogens with zero attached hydrogens (tertiary/aromatic N) is 4. The van der Waals surface area contributed by atoms with Gasteiger partial charge in [-0.3, -0.25) is 19.6 Å². The molecular weight excluding hydrogens is 430 g/mol. The molecule has 4 heterocycles. The molecule has 1 saturated heterocycles. The molecule has 34 heavy (non-hydrogen) atoms. The summed E-state index contributed by atoms with van der Waals surface area (Å²) in [5.41, 5.74) is 3.05. The molecule has 1 amide bonds. The molecule has 0 aromatic carbocycles. The summed E-state index contributed by atoms with van der Waals surface area (Å²) in [5, 5.41) is 8.43. The van der Waals surface area contributed by atoms with E-state index in [-0.39, 0.29) is 17.3 Å². The summed E-state index contributed by atoms with van der Waals surface area (Å²) in [4.78, 5) is 34.3. The van der Waals surface area contributed by atoms with Crippen molar-refractivity contribution in [2.45, 2.75) is 44.9 Å². The first-order valence-corrected chi connectivity index (χ1v) is 12.0. The van der Waals surface area contributed by atoms with Gasteiger partial charge in [0.1, 0.15) is 11.3 Å². The summed E-state index contributed by atoms with van der Waals surface area (Å²) >= 11 is 0. The Morgan fingerprint density at radius 2 is 1.94 bits per heavy atom. The second-order valence-electron chi connectivity index (χ2n) is 8.96. The van der Waals surface area contributed by atoms with Gasteiger partial charge in [0.25, 0.3) is 11.8 Å². The van der Waals surface area contributed by atoms with Gasteiger partial charge < -0.3 is 14.5 Å². The van der Waals surface area contributed by atoms with Crippen LogP contribution in [0.1, 0.15) is 59.2 Å². The van der Waals surface area contributed by atoms with Gasteiger partial charge in [0.15, 0.2) is 0 Å². The second kappa shape index (κ2) is 10.8. The molecule has 0 atom stereocenters. The number of carbonyl (C=O) groups is 2. The number of hydrogen-bond acceptors (Lipinski definition) is 6. The molecule has 1 N–H and O–H groups in total. The number of fused-ring (bicyclic) bond motifs is 1. The van der Waals surface area contributed by atoms with Crippen molar-refractivity contribution in [1.29, 1.82) is 5.41 Å². The lowest BCUT2D eigenvalue weighted by molar-refractivity contribution is 0.0723. The van der Waals surface area contributed by atoms with Crippen LogP contribution in [0.5, 0.6) is 0 Å². The van der Waals surface area contributed by atoms with E-state index in [1.807, 2.05) is 17.0 Å². The zero-order valence-electron chi connectivity index (χ0n) is 19.9. The van der Waals surface area contributed by atoms with E-state index in [1.165, 1.54) is 11.0 Å². The van der Waals surface area contributed by atoms with Gasteiger partial charge in [-0.25, -0.2) is 4.98 Å². The van der Waals surface area contributed by atoms with Crippen molar-refractivity contribution in [2.75, 3.05) is 38.3 Å². The average Bonchev–Trinajstić information content (AvgIpc) is 2.87. The lowest BCUT2D eigenvalue weighted by Gasteiger charge is -2.31. The molecule has 0 saturated carbocycles. The third kappa shape index (κ3) is 5.12. The minimum atomic E-state index is -0.273. The molecule has 0 unspecified atom stereocenters. The van der Waals surface area contributed by atoms with Crippen LogP contribution in [-0.2, 0) is 11.2 Å². The number of allylic oxidation sites excluding steroid dienone is 1. The number of piperidine rings is 1. The number of ether oxygens (including phenoxy) is 1. The predicted molar refractivity (Wildman–Crippen MR) is 130 cm³/mol.